The molecule has 0 aliphatic heterocycles. The zero-order valence-electron chi connectivity index (χ0n) is 14.0. The van der Waals surface area contributed by atoms with Gasteiger partial charge in [0, 0.05) is 4.90 Å². The van der Waals surface area contributed by atoms with E-state index in [0.717, 1.165) is 10.5 Å². The molecule has 132 valence electrons. The molecule has 2 N–H and O–H groups in total. The van der Waals surface area contributed by atoms with Gasteiger partial charge >= 0.3 is 0 Å². The van der Waals surface area contributed by atoms with Crippen LogP contribution in [-0.2, 0) is 9.59 Å². The molecule has 0 spiro atoms. The highest BCUT2D eigenvalue weighted by molar-refractivity contribution is 8.00. The molecule has 0 saturated heterocycles. The maximum Gasteiger partial charge on any atom is 0.276 e. The van der Waals surface area contributed by atoms with Crippen molar-refractivity contribution in [2.75, 3.05) is 12.4 Å². The van der Waals surface area contributed by atoms with Gasteiger partial charge in [-0.2, -0.15) is 0 Å². The fraction of sp³-hybridized carbons (Fsp3) is 0.222. The fourth-order valence-electron chi connectivity index (χ4n) is 1.87. The first-order valence-electron chi connectivity index (χ1n) is 7.61. The Bertz CT molecular complexity index is 768. The Kier molecular flexibility index (Phi) is 6.82. The molecule has 0 aromatic heterocycles. The number of amides is 2. The van der Waals surface area contributed by atoms with Crippen LogP contribution < -0.4 is 15.6 Å². The summed E-state index contributed by atoms with van der Waals surface area (Å²) < 4.78 is 18.4. The second kappa shape index (κ2) is 9.08. The lowest BCUT2D eigenvalue weighted by molar-refractivity contribution is -0.128. The zero-order chi connectivity index (χ0) is 18.2. The molecule has 25 heavy (non-hydrogen) atoms. The number of carbonyl (C=O) groups excluding carboxylic acids is 2. The van der Waals surface area contributed by atoms with Crippen LogP contribution >= 0.6 is 11.8 Å². The number of rotatable bonds is 6. The number of hydrogen-bond acceptors (Lipinski definition) is 4. The van der Waals surface area contributed by atoms with Gasteiger partial charge in [-0.15, -0.1) is 11.8 Å². The van der Waals surface area contributed by atoms with E-state index in [9.17, 15) is 14.0 Å². The molecule has 0 bridgehead atoms. The van der Waals surface area contributed by atoms with Gasteiger partial charge in [-0.05, 0) is 49.2 Å². The Morgan fingerprint density at radius 2 is 1.76 bits per heavy atom. The normalized spacial score (nSPS) is 10.2. The van der Waals surface area contributed by atoms with Gasteiger partial charge in [0.1, 0.15) is 0 Å². The van der Waals surface area contributed by atoms with Crippen LogP contribution in [-0.4, -0.2) is 24.2 Å². The number of benzene rings is 2. The minimum absolute atomic E-state index is 0.0192. The zero-order valence-corrected chi connectivity index (χ0v) is 14.8. The SMILES string of the molecule is Cc1ccc(SCC(=O)NNC(=O)COc2ccccc2F)cc1C. The number of hydrogen-bond donors (Lipinski definition) is 2. The van der Waals surface area contributed by atoms with Crippen LogP contribution in [0, 0.1) is 19.7 Å². The maximum atomic E-state index is 13.3. The van der Waals surface area contributed by atoms with Gasteiger partial charge in [0.25, 0.3) is 5.91 Å². The van der Waals surface area contributed by atoms with E-state index in [1.165, 1.54) is 35.5 Å². The van der Waals surface area contributed by atoms with Crippen LogP contribution in [0.3, 0.4) is 0 Å². The first-order valence-corrected chi connectivity index (χ1v) is 8.59. The van der Waals surface area contributed by atoms with E-state index in [2.05, 4.69) is 10.9 Å². The van der Waals surface area contributed by atoms with Crippen LogP contribution in [0.1, 0.15) is 11.1 Å². The van der Waals surface area contributed by atoms with Crippen LogP contribution in [0.2, 0.25) is 0 Å². The lowest BCUT2D eigenvalue weighted by atomic mass is 10.1. The number of halogens is 1. The van der Waals surface area contributed by atoms with E-state index in [0.29, 0.717) is 0 Å². The predicted octanol–water partition coefficient (Wildman–Crippen LogP) is 2.76. The molecule has 2 aromatic carbocycles. The van der Waals surface area contributed by atoms with Gasteiger partial charge in [-0.1, -0.05) is 18.2 Å². The molecule has 0 aliphatic rings. The summed E-state index contributed by atoms with van der Waals surface area (Å²) in [7, 11) is 0. The van der Waals surface area contributed by atoms with E-state index in [-0.39, 0.29) is 17.4 Å². The number of thioether (sulfide) groups is 1. The van der Waals surface area contributed by atoms with Crippen molar-refractivity contribution < 1.29 is 18.7 Å². The molecule has 0 unspecified atom stereocenters. The maximum absolute atomic E-state index is 13.3. The number of aryl methyl sites for hydroxylation is 2. The van der Waals surface area contributed by atoms with Gasteiger partial charge in [0.15, 0.2) is 18.2 Å². The lowest BCUT2D eigenvalue weighted by Gasteiger charge is -2.09. The van der Waals surface area contributed by atoms with Crippen molar-refractivity contribution in [2.45, 2.75) is 18.7 Å². The van der Waals surface area contributed by atoms with Crippen molar-refractivity contribution in [3.05, 3.63) is 59.4 Å². The van der Waals surface area contributed by atoms with Crippen LogP contribution in [0.15, 0.2) is 47.4 Å². The Labute approximate surface area is 149 Å². The molecular weight excluding hydrogens is 343 g/mol. The quantitative estimate of drug-likeness (QED) is 0.613. The third-order valence-corrected chi connectivity index (χ3v) is 4.38. The lowest BCUT2D eigenvalue weighted by Crippen LogP contribution is -2.44. The first-order chi connectivity index (χ1) is 12.0. The Hall–Kier alpha value is -2.54. The van der Waals surface area contributed by atoms with Crippen molar-refractivity contribution in [2.24, 2.45) is 0 Å². The molecule has 7 heteroatoms. The molecule has 0 fully saturated rings. The highest BCUT2D eigenvalue weighted by Crippen LogP contribution is 2.20. The van der Waals surface area contributed by atoms with Gasteiger partial charge in [-0.3, -0.25) is 20.4 Å². The van der Waals surface area contributed by atoms with Gasteiger partial charge in [-0.25, -0.2) is 4.39 Å². The van der Waals surface area contributed by atoms with Crippen LogP contribution in [0.25, 0.3) is 0 Å². The second-order valence-corrected chi connectivity index (χ2v) is 6.40. The second-order valence-electron chi connectivity index (χ2n) is 5.35. The largest absolute Gasteiger partial charge is 0.481 e. The highest BCUT2D eigenvalue weighted by Gasteiger charge is 2.08. The molecule has 0 radical (unpaired) electrons. The molecule has 0 atom stereocenters. The molecule has 0 saturated carbocycles. The van der Waals surface area contributed by atoms with Crippen molar-refractivity contribution in [3.8, 4) is 5.75 Å². The summed E-state index contributed by atoms with van der Waals surface area (Å²) in [6.45, 7) is 3.64. The summed E-state index contributed by atoms with van der Waals surface area (Å²) in [6, 6.07) is 11.7. The van der Waals surface area contributed by atoms with E-state index >= 15 is 0 Å². The third kappa shape index (κ3) is 6.11. The van der Waals surface area contributed by atoms with Gasteiger partial charge < -0.3 is 4.74 Å². The topological polar surface area (TPSA) is 67.4 Å². The minimum atomic E-state index is -0.576. The summed E-state index contributed by atoms with van der Waals surface area (Å²) in [6.07, 6.45) is 0. The first kappa shape index (κ1) is 18.8. The smallest absolute Gasteiger partial charge is 0.276 e. The monoisotopic (exact) mass is 362 g/mol. The molecule has 0 heterocycles. The van der Waals surface area contributed by atoms with Crippen molar-refractivity contribution >= 4 is 23.6 Å². The summed E-state index contributed by atoms with van der Waals surface area (Å²) in [5.41, 5.74) is 6.87. The molecule has 2 aromatic rings. The van der Waals surface area contributed by atoms with E-state index in [1.807, 2.05) is 32.0 Å². The number of ether oxygens (including phenoxy) is 1. The predicted molar refractivity (Wildman–Crippen MR) is 94.8 cm³/mol. The Morgan fingerprint density at radius 1 is 1.04 bits per heavy atom. The number of para-hydroxylation sites is 1. The van der Waals surface area contributed by atoms with Gasteiger partial charge in [0.05, 0.1) is 5.75 Å². The number of carbonyl (C=O) groups is 2. The van der Waals surface area contributed by atoms with E-state index < -0.39 is 18.3 Å². The summed E-state index contributed by atoms with van der Waals surface area (Å²) in [5, 5.41) is 0. The van der Waals surface area contributed by atoms with E-state index in [4.69, 9.17) is 4.74 Å². The van der Waals surface area contributed by atoms with Crippen molar-refractivity contribution in [1.82, 2.24) is 10.9 Å². The molecule has 0 aliphatic carbocycles. The average Bonchev–Trinajstić information content (AvgIpc) is 2.60. The summed E-state index contributed by atoms with van der Waals surface area (Å²) in [4.78, 5) is 24.3. The van der Waals surface area contributed by atoms with Crippen molar-refractivity contribution in [1.29, 1.82) is 0 Å². The standard InChI is InChI=1S/C18H19FN2O3S/c1-12-7-8-14(9-13(12)2)25-11-18(23)21-20-17(22)10-24-16-6-4-3-5-15(16)19/h3-9H,10-11H2,1-2H3,(H,20,22)(H,21,23). The van der Waals surface area contributed by atoms with Crippen LogP contribution in [0.5, 0.6) is 5.75 Å². The number of hydrazine groups is 1. The van der Waals surface area contributed by atoms with E-state index in [1.54, 1.807) is 6.07 Å². The molecular formula is C18H19FN2O3S. The molecule has 5 nitrogen and oxygen atoms in total. The van der Waals surface area contributed by atoms with Gasteiger partial charge in [0.2, 0.25) is 5.91 Å². The average molecular weight is 362 g/mol. The Morgan fingerprint density at radius 3 is 2.48 bits per heavy atom. The minimum Gasteiger partial charge on any atom is -0.481 e. The van der Waals surface area contributed by atoms with Crippen LogP contribution in [0.4, 0.5) is 4.39 Å². The summed E-state index contributed by atoms with van der Waals surface area (Å²) >= 11 is 1.37. The third-order valence-electron chi connectivity index (χ3n) is 3.39. The summed E-state index contributed by atoms with van der Waals surface area (Å²) in [5.74, 6) is -1.33. The number of nitrogens with one attached hydrogen (secondary N) is 2. The fourth-order valence-corrected chi connectivity index (χ4v) is 2.66. The molecule has 2 rings (SSSR count). The van der Waals surface area contributed by atoms with Crippen molar-refractivity contribution in [3.63, 3.8) is 0 Å². The Balaban J connectivity index is 1.69. The highest BCUT2D eigenvalue weighted by atomic mass is 32.2. The molecule has 2 amide bonds.